The fraction of sp³-hybridized carbons (Fsp3) is 0.143. The van der Waals surface area contributed by atoms with Gasteiger partial charge in [-0.05, 0) is 35.9 Å². The number of carbonyl (C=O) groups is 1. The summed E-state index contributed by atoms with van der Waals surface area (Å²) < 4.78 is 27.8. The van der Waals surface area contributed by atoms with Crippen molar-refractivity contribution in [2.24, 2.45) is 0 Å². The number of amides is 1. The highest BCUT2D eigenvalue weighted by atomic mass is 35.5. The highest BCUT2D eigenvalue weighted by Gasteiger charge is 2.12. The predicted molar refractivity (Wildman–Crippen MR) is 113 cm³/mol. The van der Waals surface area contributed by atoms with E-state index in [0.29, 0.717) is 24.6 Å². The maximum absolute atomic E-state index is 13.1. The normalized spacial score (nSPS) is 10.9. The Morgan fingerprint density at radius 1 is 1.06 bits per heavy atom. The molecule has 0 aliphatic rings. The fourth-order valence-electron chi connectivity index (χ4n) is 3.03. The van der Waals surface area contributed by atoms with E-state index in [1.165, 1.54) is 30.6 Å². The molecule has 2 heterocycles. The van der Waals surface area contributed by atoms with E-state index in [4.69, 9.17) is 11.6 Å². The van der Waals surface area contributed by atoms with Crippen LogP contribution in [0.15, 0.2) is 55.0 Å². The molecule has 0 aliphatic carbocycles. The SMILES string of the molecule is O=C(NCCn1ncc2c(NCc3ccc(F)cc3)ncnc21)c1ccc(F)cc1Cl. The number of hydrogen-bond acceptors (Lipinski definition) is 5. The van der Waals surface area contributed by atoms with Gasteiger partial charge in [-0.25, -0.2) is 23.4 Å². The molecule has 0 saturated carbocycles. The minimum atomic E-state index is -0.506. The topological polar surface area (TPSA) is 84.7 Å². The second-order valence-corrected chi connectivity index (χ2v) is 7.09. The van der Waals surface area contributed by atoms with E-state index < -0.39 is 11.7 Å². The monoisotopic (exact) mass is 442 g/mol. The average molecular weight is 443 g/mol. The summed E-state index contributed by atoms with van der Waals surface area (Å²) in [7, 11) is 0. The maximum atomic E-state index is 13.1. The molecule has 1 amide bonds. The second-order valence-electron chi connectivity index (χ2n) is 6.69. The van der Waals surface area contributed by atoms with E-state index in [1.54, 1.807) is 23.0 Å². The van der Waals surface area contributed by atoms with Crippen LogP contribution in [0.5, 0.6) is 0 Å². The molecule has 0 atom stereocenters. The van der Waals surface area contributed by atoms with Gasteiger partial charge in [0, 0.05) is 13.1 Å². The Morgan fingerprint density at radius 3 is 2.61 bits per heavy atom. The van der Waals surface area contributed by atoms with Crippen molar-refractivity contribution in [3.05, 3.63) is 82.8 Å². The van der Waals surface area contributed by atoms with Crippen LogP contribution in [0.4, 0.5) is 14.6 Å². The van der Waals surface area contributed by atoms with Crippen LogP contribution in [-0.4, -0.2) is 32.2 Å². The van der Waals surface area contributed by atoms with Gasteiger partial charge in [-0.3, -0.25) is 4.79 Å². The average Bonchev–Trinajstić information content (AvgIpc) is 3.17. The van der Waals surface area contributed by atoms with Crippen molar-refractivity contribution in [2.45, 2.75) is 13.1 Å². The van der Waals surface area contributed by atoms with Crippen LogP contribution in [-0.2, 0) is 13.1 Å². The van der Waals surface area contributed by atoms with E-state index in [1.807, 2.05) is 0 Å². The maximum Gasteiger partial charge on any atom is 0.252 e. The number of fused-ring (bicyclic) bond motifs is 1. The van der Waals surface area contributed by atoms with Gasteiger partial charge in [-0.2, -0.15) is 5.10 Å². The van der Waals surface area contributed by atoms with Gasteiger partial charge in [-0.15, -0.1) is 0 Å². The Balaban J connectivity index is 1.40. The summed E-state index contributed by atoms with van der Waals surface area (Å²) in [6.45, 7) is 1.10. The number of anilines is 1. The molecule has 158 valence electrons. The van der Waals surface area contributed by atoms with Crippen molar-refractivity contribution in [3.8, 4) is 0 Å². The number of benzene rings is 2. The molecule has 31 heavy (non-hydrogen) atoms. The van der Waals surface area contributed by atoms with E-state index in [0.717, 1.165) is 17.0 Å². The molecule has 0 bridgehead atoms. The number of carbonyl (C=O) groups excluding carboxylic acids is 1. The molecule has 0 aliphatic heterocycles. The first-order chi connectivity index (χ1) is 15.0. The zero-order chi connectivity index (χ0) is 21.8. The highest BCUT2D eigenvalue weighted by Crippen LogP contribution is 2.20. The molecule has 2 aromatic carbocycles. The van der Waals surface area contributed by atoms with E-state index >= 15 is 0 Å². The van der Waals surface area contributed by atoms with Crippen molar-refractivity contribution >= 4 is 34.4 Å². The van der Waals surface area contributed by atoms with Gasteiger partial charge in [-0.1, -0.05) is 23.7 Å². The van der Waals surface area contributed by atoms with Crippen LogP contribution in [0.25, 0.3) is 11.0 Å². The summed E-state index contributed by atoms with van der Waals surface area (Å²) in [5.41, 5.74) is 1.70. The van der Waals surface area contributed by atoms with Gasteiger partial charge in [0.2, 0.25) is 0 Å². The lowest BCUT2D eigenvalue weighted by atomic mass is 10.2. The summed E-state index contributed by atoms with van der Waals surface area (Å²) in [6.07, 6.45) is 3.06. The van der Waals surface area contributed by atoms with E-state index in [9.17, 15) is 13.6 Å². The van der Waals surface area contributed by atoms with Crippen molar-refractivity contribution in [1.29, 1.82) is 0 Å². The first-order valence-electron chi connectivity index (χ1n) is 9.39. The molecule has 0 unspecified atom stereocenters. The smallest absolute Gasteiger partial charge is 0.252 e. The van der Waals surface area contributed by atoms with E-state index in [-0.39, 0.29) is 22.9 Å². The van der Waals surface area contributed by atoms with Crippen molar-refractivity contribution in [1.82, 2.24) is 25.1 Å². The Labute approximate surface area is 181 Å². The number of nitrogens with zero attached hydrogens (tertiary/aromatic N) is 4. The zero-order valence-corrected chi connectivity index (χ0v) is 16.9. The fourth-order valence-corrected chi connectivity index (χ4v) is 3.28. The molecule has 2 aromatic heterocycles. The van der Waals surface area contributed by atoms with Crippen LogP contribution in [0.1, 0.15) is 15.9 Å². The third-order valence-electron chi connectivity index (χ3n) is 4.59. The van der Waals surface area contributed by atoms with Gasteiger partial charge < -0.3 is 10.6 Å². The molecule has 10 heteroatoms. The highest BCUT2D eigenvalue weighted by molar-refractivity contribution is 6.33. The number of nitrogens with one attached hydrogen (secondary N) is 2. The van der Waals surface area contributed by atoms with Crippen LogP contribution >= 0.6 is 11.6 Å². The molecular weight excluding hydrogens is 426 g/mol. The summed E-state index contributed by atoms with van der Waals surface area (Å²) in [6, 6.07) is 9.80. The summed E-state index contributed by atoms with van der Waals surface area (Å²) in [5, 5.41) is 11.0. The van der Waals surface area contributed by atoms with Gasteiger partial charge in [0.1, 0.15) is 23.8 Å². The lowest BCUT2D eigenvalue weighted by Gasteiger charge is -2.08. The summed E-state index contributed by atoms with van der Waals surface area (Å²) in [4.78, 5) is 20.8. The number of rotatable bonds is 7. The zero-order valence-electron chi connectivity index (χ0n) is 16.1. The summed E-state index contributed by atoms with van der Waals surface area (Å²) >= 11 is 5.92. The minimum Gasteiger partial charge on any atom is -0.365 e. The van der Waals surface area contributed by atoms with Crippen LogP contribution in [0, 0.1) is 11.6 Å². The minimum absolute atomic E-state index is 0.0478. The first-order valence-corrected chi connectivity index (χ1v) is 9.77. The van der Waals surface area contributed by atoms with Crippen LogP contribution < -0.4 is 10.6 Å². The lowest BCUT2D eigenvalue weighted by molar-refractivity contribution is 0.0952. The van der Waals surface area contributed by atoms with Gasteiger partial charge in [0.05, 0.1) is 28.7 Å². The Kier molecular flexibility index (Phi) is 6.03. The van der Waals surface area contributed by atoms with Crippen molar-refractivity contribution in [3.63, 3.8) is 0 Å². The van der Waals surface area contributed by atoms with Crippen molar-refractivity contribution in [2.75, 3.05) is 11.9 Å². The third kappa shape index (κ3) is 4.77. The summed E-state index contributed by atoms with van der Waals surface area (Å²) in [5.74, 6) is -0.600. The Morgan fingerprint density at radius 2 is 1.84 bits per heavy atom. The van der Waals surface area contributed by atoms with Crippen molar-refractivity contribution < 1.29 is 13.6 Å². The molecule has 2 N–H and O–H groups in total. The molecule has 7 nitrogen and oxygen atoms in total. The Hall–Kier alpha value is -3.59. The van der Waals surface area contributed by atoms with Gasteiger partial charge >= 0.3 is 0 Å². The molecule has 0 radical (unpaired) electrons. The number of hydrogen-bond donors (Lipinski definition) is 2. The lowest BCUT2D eigenvalue weighted by Crippen LogP contribution is -2.27. The van der Waals surface area contributed by atoms with Gasteiger partial charge in [0.25, 0.3) is 5.91 Å². The standard InChI is InChI=1S/C21H17ClF2N6O/c22-18-9-15(24)5-6-16(18)21(31)25-7-8-30-20-17(11-29-30)19(27-12-28-20)26-10-13-1-3-14(23)4-2-13/h1-6,9,11-12H,7-8,10H2,(H,25,31)(H,26,27,28). The molecule has 0 fully saturated rings. The van der Waals surface area contributed by atoms with Gasteiger partial charge in [0.15, 0.2) is 5.65 Å². The Bertz CT molecular complexity index is 1230. The first kappa shape index (κ1) is 20.7. The third-order valence-corrected chi connectivity index (χ3v) is 4.90. The molecular formula is C21H17ClF2N6O. The molecule has 4 aromatic rings. The largest absolute Gasteiger partial charge is 0.365 e. The quantitative estimate of drug-likeness (QED) is 0.455. The van der Waals surface area contributed by atoms with E-state index in [2.05, 4.69) is 25.7 Å². The van der Waals surface area contributed by atoms with Crippen LogP contribution in [0.2, 0.25) is 5.02 Å². The molecule has 0 saturated heterocycles. The molecule has 4 rings (SSSR count). The predicted octanol–water partition coefficient (Wildman–Crippen LogP) is 3.80. The number of aromatic nitrogens is 4. The second kappa shape index (κ2) is 9.05. The van der Waals surface area contributed by atoms with Crippen LogP contribution in [0.3, 0.4) is 0 Å². The number of halogens is 3. The molecule has 0 spiro atoms.